The average molecular weight is 391 g/mol. The van der Waals surface area contributed by atoms with Crippen LogP contribution in [0, 0.1) is 0 Å². The Kier molecular flexibility index (Phi) is 7.38. The number of nitrogens with one attached hydrogen (secondary N) is 2. The molecule has 0 amide bonds. The lowest BCUT2D eigenvalue weighted by Crippen LogP contribution is -2.26. The molecule has 0 radical (unpaired) electrons. The number of aromatic carboxylic acids is 1. The van der Waals surface area contributed by atoms with Crippen molar-refractivity contribution in [2.24, 2.45) is 0 Å². The molecule has 0 aliphatic heterocycles. The van der Waals surface area contributed by atoms with E-state index in [0.29, 0.717) is 12.1 Å². The lowest BCUT2D eigenvalue weighted by atomic mass is 10.1. The molecule has 0 heterocycles. The first-order chi connectivity index (χ1) is 12.8. The lowest BCUT2D eigenvalue weighted by molar-refractivity contribution is 0.0697. The number of hydrogen-bond donors (Lipinski definition) is 3. The van der Waals surface area contributed by atoms with Crippen molar-refractivity contribution in [3.63, 3.8) is 0 Å². The molecule has 0 spiro atoms. The normalized spacial score (nSPS) is 12.5. The molecule has 0 bridgehead atoms. The van der Waals surface area contributed by atoms with Gasteiger partial charge in [-0.1, -0.05) is 43.7 Å². The third-order valence-corrected chi connectivity index (χ3v) is 5.66. The third-order valence-electron chi connectivity index (χ3n) is 4.20. The molecule has 2 aromatic rings. The van der Waals surface area contributed by atoms with Crippen molar-refractivity contribution in [2.75, 3.05) is 11.9 Å². The zero-order valence-electron chi connectivity index (χ0n) is 15.6. The Balaban J connectivity index is 2.13. The molecule has 0 fully saturated rings. The number of carboxylic acids is 1. The van der Waals surface area contributed by atoms with Crippen LogP contribution >= 0.6 is 0 Å². The number of sulfonamides is 1. The van der Waals surface area contributed by atoms with E-state index in [4.69, 9.17) is 0 Å². The van der Waals surface area contributed by atoms with Crippen LogP contribution < -0.4 is 10.0 Å². The van der Waals surface area contributed by atoms with E-state index in [1.165, 1.54) is 18.2 Å². The first kappa shape index (κ1) is 20.9. The predicted molar refractivity (Wildman–Crippen MR) is 107 cm³/mol. The van der Waals surface area contributed by atoms with Crippen LogP contribution in [0.15, 0.2) is 53.4 Å². The number of rotatable bonds is 10. The van der Waals surface area contributed by atoms with Crippen molar-refractivity contribution in [3.05, 3.63) is 59.7 Å². The Labute approximate surface area is 160 Å². The fraction of sp³-hybridized carbons (Fsp3) is 0.350. The number of carboxylic acid groups (broad SMARTS) is 1. The number of anilines is 1. The Bertz CT molecular complexity index is 867. The predicted octanol–water partition coefficient (Wildman–Crippen LogP) is 3.51. The van der Waals surface area contributed by atoms with E-state index in [1.54, 1.807) is 0 Å². The van der Waals surface area contributed by atoms with Crippen LogP contribution in [-0.4, -0.2) is 32.1 Å². The van der Waals surface area contributed by atoms with Gasteiger partial charge in [0.2, 0.25) is 10.0 Å². The van der Waals surface area contributed by atoms with Crippen molar-refractivity contribution >= 4 is 21.7 Å². The maximum atomic E-state index is 12.5. The minimum Gasteiger partial charge on any atom is -0.478 e. The topological polar surface area (TPSA) is 95.5 Å². The molecular weight excluding hydrogens is 364 g/mol. The molecule has 1 atom stereocenters. The minimum absolute atomic E-state index is 0.0520. The first-order valence-electron chi connectivity index (χ1n) is 9.01. The molecule has 146 valence electrons. The van der Waals surface area contributed by atoms with Crippen LogP contribution in [0.25, 0.3) is 0 Å². The van der Waals surface area contributed by atoms with Gasteiger partial charge >= 0.3 is 5.97 Å². The Morgan fingerprint density at radius 1 is 1.15 bits per heavy atom. The summed E-state index contributed by atoms with van der Waals surface area (Å²) in [5.74, 6) is -1.16. The second-order valence-corrected chi connectivity index (χ2v) is 8.25. The molecule has 27 heavy (non-hydrogen) atoms. The van der Waals surface area contributed by atoms with Gasteiger partial charge in [-0.3, -0.25) is 0 Å². The molecule has 0 aliphatic rings. The van der Waals surface area contributed by atoms with Crippen molar-refractivity contribution in [1.82, 2.24) is 4.72 Å². The van der Waals surface area contributed by atoms with E-state index in [2.05, 4.69) is 10.0 Å². The molecule has 0 saturated heterocycles. The molecular formula is C20H26N2O4S. The summed E-state index contributed by atoms with van der Waals surface area (Å²) in [5.41, 5.74) is 1.39. The van der Waals surface area contributed by atoms with Crippen molar-refractivity contribution in [1.29, 1.82) is 0 Å². The van der Waals surface area contributed by atoms with Crippen LogP contribution in [0.2, 0.25) is 0 Å². The third kappa shape index (κ3) is 6.08. The quantitative estimate of drug-likeness (QED) is 0.577. The van der Waals surface area contributed by atoms with E-state index >= 15 is 0 Å². The number of hydrogen-bond acceptors (Lipinski definition) is 4. The zero-order chi connectivity index (χ0) is 19.9. The maximum absolute atomic E-state index is 12.5. The average Bonchev–Trinajstić information content (AvgIpc) is 2.62. The number of carbonyl (C=O) groups is 1. The maximum Gasteiger partial charge on any atom is 0.337 e. The monoisotopic (exact) mass is 390 g/mol. The molecule has 0 saturated carbocycles. The van der Waals surface area contributed by atoms with Gasteiger partial charge in [0.1, 0.15) is 0 Å². The van der Waals surface area contributed by atoms with Gasteiger partial charge in [0.05, 0.1) is 10.5 Å². The Hall–Kier alpha value is -2.38. The molecule has 3 N–H and O–H groups in total. The van der Waals surface area contributed by atoms with E-state index in [0.717, 1.165) is 18.4 Å². The van der Waals surface area contributed by atoms with Crippen molar-refractivity contribution < 1.29 is 18.3 Å². The first-order valence-corrected chi connectivity index (χ1v) is 10.5. The zero-order valence-corrected chi connectivity index (χ0v) is 16.4. The van der Waals surface area contributed by atoms with Crippen LogP contribution in [0.4, 0.5) is 5.69 Å². The lowest BCUT2D eigenvalue weighted by Gasteiger charge is -2.17. The summed E-state index contributed by atoms with van der Waals surface area (Å²) in [6.45, 7) is 4.25. The Morgan fingerprint density at radius 3 is 2.48 bits per heavy atom. The summed E-state index contributed by atoms with van der Waals surface area (Å²) in [5, 5.41) is 12.6. The molecule has 2 aromatic carbocycles. The molecule has 0 aromatic heterocycles. The van der Waals surface area contributed by atoms with E-state index < -0.39 is 16.0 Å². The summed E-state index contributed by atoms with van der Waals surface area (Å²) in [7, 11) is -3.78. The van der Waals surface area contributed by atoms with E-state index in [-0.39, 0.29) is 23.0 Å². The van der Waals surface area contributed by atoms with Gasteiger partial charge < -0.3 is 10.4 Å². The van der Waals surface area contributed by atoms with Crippen molar-refractivity contribution in [3.8, 4) is 0 Å². The van der Waals surface area contributed by atoms with Gasteiger partial charge in [0.25, 0.3) is 0 Å². The molecule has 6 nitrogen and oxygen atoms in total. The second-order valence-electron chi connectivity index (χ2n) is 6.48. The summed E-state index contributed by atoms with van der Waals surface area (Å²) >= 11 is 0. The van der Waals surface area contributed by atoms with Crippen LogP contribution in [0.3, 0.4) is 0 Å². The van der Waals surface area contributed by atoms with Crippen LogP contribution in [0.5, 0.6) is 0 Å². The van der Waals surface area contributed by atoms with Gasteiger partial charge in [-0.2, -0.15) is 0 Å². The largest absolute Gasteiger partial charge is 0.478 e. The Morgan fingerprint density at radius 2 is 1.85 bits per heavy atom. The summed E-state index contributed by atoms with van der Waals surface area (Å²) in [6, 6.07) is 13.8. The molecule has 2 rings (SSSR count). The highest BCUT2D eigenvalue weighted by atomic mass is 32.2. The fourth-order valence-corrected chi connectivity index (χ4v) is 3.88. The highest BCUT2D eigenvalue weighted by Crippen LogP contribution is 2.22. The molecule has 0 aliphatic carbocycles. The van der Waals surface area contributed by atoms with Crippen LogP contribution in [-0.2, 0) is 16.4 Å². The van der Waals surface area contributed by atoms with Gasteiger partial charge in [0.15, 0.2) is 0 Å². The summed E-state index contributed by atoms with van der Waals surface area (Å²) < 4.78 is 27.5. The highest BCUT2D eigenvalue weighted by Gasteiger charge is 2.19. The smallest absolute Gasteiger partial charge is 0.337 e. The summed E-state index contributed by atoms with van der Waals surface area (Å²) in [6.07, 6.45) is 2.41. The minimum atomic E-state index is -3.78. The second kappa shape index (κ2) is 9.53. The summed E-state index contributed by atoms with van der Waals surface area (Å²) in [4.78, 5) is 11.5. The van der Waals surface area contributed by atoms with Gasteiger partial charge in [-0.05, 0) is 43.5 Å². The standard InChI is InChI=1S/C20H26N2O4S/c1-3-7-15(2)22-19-11-10-17(14-18(19)20(23)24)27(25,26)21-13-12-16-8-5-4-6-9-16/h4-6,8-11,14-15,21-22H,3,7,12-13H2,1-2H3,(H,23,24)/t15-/m0/s1. The van der Waals surface area contributed by atoms with Gasteiger partial charge in [-0.25, -0.2) is 17.9 Å². The van der Waals surface area contributed by atoms with E-state index in [1.807, 2.05) is 44.2 Å². The van der Waals surface area contributed by atoms with Gasteiger partial charge in [-0.15, -0.1) is 0 Å². The fourth-order valence-electron chi connectivity index (χ4n) is 2.82. The van der Waals surface area contributed by atoms with Crippen molar-refractivity contribution in [2.45, 2.75) is 44.0 Å². The molecule has 7 heteroatoms. The van der Waals surface area contributed by atoms with E-state index in [9.17, 15) is 18.3 Å². The van der Waals surface area contributed by atoms with Gasteiger partial charge in [0, 0.05) is 18.3 Å². The highest BCUT2D eigenvalue weighted by molar-refractivity contribution is 7.89. The molecule has 0 unspecified atom stereocenters. The SMILES string of the molecule is CCC[C@H](C)Nc1ccc(S(=O)(=O)NCCc2ccccc2)cc1C(=O)O. The van der Waals surface area contributed by atoms with Crippen LogP contribution in [0.1, 0.15) is 42.6 Å². The number of benzene rings is 2.